The number of fused-ring (bicyclic) bond motifs is 1. The lowest BCUT2D eigenvalue weighted by Gasteiger charge is -2.26. The van der Waals surface area contributed by atoms with Crippen molar-refractivity contribution < 1.29 is 19.9 Å². The third kappa shape index (κ3) is 4.58. The van der Waals surface area contributed by atoms with Crippen LogP contribution < -0.4 is 5.46 Å². The monoisotopic (exact) mass is 313 g/mol. The zero-order valence-corrected chi connectivity index (χ0v) is 13.0. The van der Waals surface area contributed by atoms with Gasteiger partial charge in [0, 0.05) is 13.1 Å². The van der Waals surface area contributed by atoms with Crippen molar-refractivity contribution in [3.05, 3.63) is 65.2 Å². The van der Waals surface area contributed by atoms with Crippen molar-refractivity contribution >= 4 is 18.7 Å². The number of amides is 1. The van der Waals surface area contributed by atoms with Crippen molar-refractivity contribution in [3.8, 4) is 0 Å². The van der Waals surface area contributed by atoms with Crippen molar-refractivity contribution in [1.29, 1.82) is 0 Å². The Hall–Kier alpha value is -2.31. The Morgan fingerprint density at radius 3 is 2.22 bits per heavy atom. The zero-order valence-electron chi connectivity index (χ0n) is 13.0. The highest BCUT2D eigenvalue weighted by Gasteiger charge is 2.18. The van der Waals surface area contributed by atoms with Gasteiger partial charge in [-0.25, -0.2) is 4.79 Å². The highest BCUT2D eigenvalue weighted by atomic mass is 16.4. The minimum atomic E-state index is -1.35. The van der Waals surface area contributed by atoms with E-state index in [2.05, 4.69) is 6.07 Å². The minimum Gasteiger partial charge on any atom is -0.465 e. The first-order valence-corrected chi connectivity index (χ1v) is 7.45. The first kappa shape index (κ1) is 17.1. The van der Waals surface area contributed by atoms with Gasteiger partial charge in [-0.2, -0.15) is 0 Å². The average molecular weight is 313 g/mol. The predicted octanol–water partition coefficient (Wildman–Crippen LogP) is 1.40. The molecular formula is C17H20BNO4. The largest absolute Gasteiger partial charge is 0.488 e. The molecule has 0 fully saturated rings. The molecular weight excluding hydrogens is 293 g/mol. The highest BCUT2D eigenvalue weighted by Crippen LogP contribution is 2.17. The summed E-state index contributed by atoms with van der Waals surface area (Å²) in [6, 6.07) is 15.2. The molecule has 0 saturated heterocycles. The molecule has 5 nitrogen and oxygen atoms in total. The van der Waals surface area contributed by atoms with Crippen LogP contribution in [0.4, 0.5) is 4.79 Å². The third-order valence-corrected chi connectivity index (χ3v) is 3.87. The van der Waals surface area contributed by atoms with E-state index in [-0.39, 0.29) is 0 Å². The van der Waals surface area contributed by atoms with Gasteiger partial charge in [0.1, 0.15) is 0 Å². The molecule has 0 spiro atoms. The molecule has 120 valence electrons. The fraction of sp³-hybridized carbons (Fsp3) is 0.235. The van der Waals surface area contributed by atoms with E-state index in [1.54, 1.807) is 12.1 Å². The van der Waals surface area contributed by atoms with Gasteiger partial charge in [-0.15, -0.1) is 0 Å². The standard InChI is InChI=1S/C10H11NO2.C7H9BO2/c12-10(13)11-6-5-8-3-1-2-4-9(8)7-11;1-6-4-2-3-5-7(6)8(9)10/h1-4H,5-7H2,(H,12,13);2-5,9-10H,1H3. The number of hydrogen-bond donors (Lipinski definition) is 3. The summed E-state index contributed by atoms with van der Waals surface area (Å²) >= 11 is 0. The molecule has 1 aliphatic heterocycles. The molecule has 2 aromatic carbocycles. The number of rotatable bonds is 1. The number of nitrogens with zero attached hydrogens (tertiary/aromatic N) is 1. The summed E-state index contributed by atoms with van der Waals surface area (Å²) in [6.07, 6.45) is 0.0113. The van der Waals surface area contributed by atoms with Gasteiger partial charge in [-0.3, -0.25) is 0 Å². The molecule has 6 heteroatoms. The summed E-state index contributed by atoms with van der Waals surface area (Å²) in [5.41, 5.74) is 3.89. The van der Waals surface area contributed by atoms with E-state index in [1.807, 2.05) is 37.3 Å². The summed E-state index contributed by atoms with van der Waals surface area (Å²) in [5.74, 6) is 0. The van der Waals surface area contributed by atoms with Crippen LogP contribution in [0, 0.1) is 6.92 Å². The first-order chi connectivity index (χ1) is 11.0. The van der Waals surface area contributed by atoms with Crippen LogP contribution >= 0.6 is 0 Å². The van der Waals surface area contributed by atoms with E-state index in [0.29, 0.717) is 18.6 Å². The minimum absolute atomic E-state index is 0.533. The van der Waals surface area contributed by atoms with Crippen LogP contribution in [0.25, 0.3) is 0 Å². The van der Waals surface area contributed by atoms with Gasteiger partial charge < -0.3 is 20.1 Å². The Kier molecular flexibility index (Phi) is 5.79. The molecule has 0 aromatic heterocycles. The van der Waals surface area contributed by atoms with Crippen LogP contribution in [-0.4, -0.2) is 39.8 Å². The van der Waals surface area contributed by atoms with Crippen LogP contribution in [0.1, 0.15) is 16.7 Å². The molecule has 0 atom stereocenters. The van der Waals surface area contributed by atoms with Crippen LogP contribution in [0.5, 0.6) is 0 Å². The van der Waals surface area contributed by atoms with Gasteiger partial charge in [0.05, 0.1) is 0 Å². The van der Waals surface area contributed by atoms with E-state index < -0.39 is 13.2 Å². The molecule has 0 unspecified atom stereocenters. The average Bonchev–Trinajstić information content (AvgIpc) is 2.55. The van der Waals surface area contributed by atoms with Gasteiger partial charge in [0.25, 0.3) is 0 Å². The Morgan fingerprint density at radius 1 is 1.04 bits per heavy atom. The Balaban J connectivity index is 0.000000174. The summed E-state index contributed by atoms with van der Waals surface area (Å²) < 4.78 is 0. The van der Waals surface area contributed by atoms with Crippen molar-refractivity contribution in [1.82, 2.24) is 4.90 Å². The molecule has 3 N–H and O–H groups in total. The van der Waals surface area contributed by atoms with Gasteiger partial charge in [-0.1, -0.05) is 54.1 Å². The highest BCUT2D eigenvalue weighted by molar-refractivity contribution is 6.59. The normalized spacial score (nSPS) is 12.7. The summed E-state index contributed by atoms with van der Waals surface area (Å²) in [7, 11) is -1.35. The number of aryl methyl sites for hydroxylation is 1. The third-order valence-electron chi connectivity index (χ3n) is 3.87. The second kappa shape index (κ2) is 7.81. The van der Waals surface area contributed by atoms with Crippen molar-refractivity contribution in [3.63, 3.8) is 0 Å². The quantitative estimate of drug-likeness (QED) is 0.695. The molecule has 23 heavy (non-hydrogen) atoms. The number of carboxylic acid groups (broad SMARTS) is 1. The Labute approximate surface area is 136 Å². The molecule has 1 amide bonds. The molecule has 0 bridgehead atoms. The van der Waals surface area contributed by atoms with Gasteiger partial charge in [0.15, 0.2) is 0 Å². The molecule has 1 aliphatic rings. The van der Waals surface area contributed by atoms with E-state index >= 15 is 0 Å². The lowest BCUT2D eigenvalue weighted by atomic mass is 9.77. The fourth-order valence-electron chi connectivity index (χ4n) is 2.54. The van der Waals surface area contributed by atoms with Crippen molar-refractivity contribution in [2.24, 2.45) is 0 Å². The van der Waals surface area contributed by atoms with E-state index in [1.165, 1.54) is 10.5 Å². The van der Waals surface area contributed by atoms with E-state index in [0.717, 1.165) is 17.5 Å². The maximum Gasteiger partial charge on any atom is 0.488 e. The second-order valence-electron chi connectivity index (χ2n) is 5.45. The second-order valence-corrected chi connectivity index (χ2v) is 5.45. The van der Waals surface area contributed by atoms with Gasteiger partial charge >= 0.3 is 13.2 Å². The number of carbonyl (C=O) groups is 1. The molecule has 2 aromatic rings. The molecule has 0 radical (unpaired) electrons. The summed E-state index contributed by atoms with van der Waals surface area (Å²) in [6.45, 7) is 2.99. The van der Waals surface area contributed by atoms with Crippen molar-refractivity contribution in [2.45, 2.75) is 19.9 Å². The van der Waals surface area contributed by atoms with Crippen LogP contribution in [-0.2, 0) is 13.0 Å². The zero-order chi connectivity index (χ0) is 16.8. The summed E-state index contributed by atoms with van der Waals surface area (Å²) in [4.78, 5) is 12.1. The SMILES string of the molecule is Cc1ccccc1B(O)O.O=C(O)N1CCc2ccccc2C1. The Morgan fingerprint density at radius 2 is 1.65 bits per heavy atom. The smallest absolute Gasteiger partial charge is 0.465 e. The molecule has 0 saturated carbocycles. The van der Waals surface area contributed by atoms with Crippen LogP contribution in [0.2, 0.25) is 0 Å². The van der Waals surface area contributed by atoms with Crippen molar-refractivity contribution in [2.75, 3.05) is 6.54 Å². The summed E-state index contributed by atoms with van der Waals surface area (Å²) in [5, 5.41) is 26.3. The van der Waals surface area contributed by atoms with Crippen LogP contribution in [0.3, 0.4) is 0 Å². The molecule has 3 rings (SSSR count). The lowest BCUT2D eigenvalue weighted by molar-refractivity contribution is 0.140. The predicted molar refractivity (Wildman–Crippen MR) is 89.6 cm³/mol. The number of benzene rings is 2. The van der Waals surface area contributed by atoms with E-state index in [4.69, 9.17) is 15.2 Å². The number of hydrogen-bond acceptors (Lipinski definition) is 3. The van der Waals surface area contributed by atoms with Crippen LogP contribution in [0.15, 0.2) is 48.5 Å². The molecule has 0 aliphatic carbocycles. The Bertz CT molecular complexity index is 675. The van der Waals surface area contributed by atoms with E-state index in [9.17, 15) is 4.79 Å². The first-order valence-electron chi connectivity index (χ1n) is 7.45. The van der Waals surface area contributed by atoms with Gasteiger partial charge in [0.2, 0.25) is 0 Å². The van der Waals surface area contributed by atoms with Gasteiger partial charge in [-0.05, 0) is 29.9 Å². The lowest BCUT2D eigenvalue weighted by Crippen LogP contribution is -2.34. The maximum absolute atomic E-state index is 10.7. The maximum atomic E-state index is 10.7. The molecule has 1 heterocycles. The fourth-order valence-corrected chi connectivity index (χ4v) is 2.54. The topological polar surface area (TPSA) is 81.0 Å².